The first-order valence-electron chi connectivity index (χ1n) is 8.79. The molecule has 27 heavy (non-hydrogen) atoms. The number of likely N-dealkylation sites (N-methyl/N-ethyl adjacent to an activating group) is 1. The molecule has 5 heteroatoms. The highest BCUT2D eigenvalue weighted by molar-refractivity contribution is 5.99. The highest BCUT2D eigenvalue weighted by atomic mass is 19.1. The fourth-order valence-corrected chi connectivity index (χ4v) is 3.70. The van der Waals surface area contributed by atoms with E-state index >= 15 is 0 Å². The maximum atomic E-state index is 14.9. The molecule has 0 unspecified atom stereocenters. The van der Waals surface area contributed by atoms with Crippen LogP contribution in [0.3, 0.4) is 0 Å². The molecule has 1 N–H and O–H groups in total. The van der Waals surface area contributed by atoms with Gasteiger partial charge in [-0.15, -0.1) is 0 Å². The van der Waals surface area contributed by atoms with Gasteiger partial charge in [-0.2, -0.15) is 0 Å². The summed E-state index contributed by atoms with van der Waals surface area (Å²) in [6, 6.07) is 9.41. The van der Waals surface area contributed by atoms with E-state index in [4.69, 9.17) is 0 Å². The maximum Gasteiger partial charge on any atom is 0.150 e. The van der Waals surface area contributed by atoms with Gasteiger partial charge in [-0.25, -0.2) is 9.37 Å². The number of aromatic amines is 1. The third kappa shape index (κ3) is 2.59. The molecule has 4 nitrogen and oxygen atoms in total. The SMILES string of the molecule is CN1C=CC=C(c2ccnc3c(F)cc(-c4c[nH]c5ncccc45)cc23)C1. The van der Waals surface area contributed by atoms with Gasteiger partial charge in [-0.3, -0.25) is 4.98 Å². The van der Waals surface area contributed by atoms with Crippen LogP contribution < -0.4 is 0 Å². The third-order valence-electron chi connectivity index (χ3n) is 4.96. The van der Waals surface area contributed by atoms with E-state index in [1.807, 2.05) is 49.8 Å². The first kappa shape index (κ1) is 15.8. The van der Waals surface area contributed by atoms with Gasteiger partial charge in [0, 0.05) is 48.5 Å². The standard InChI is InChI=1S/C22H17FN4/c1-27-9-3-4-14(13-27)16-6-8-24-21-18(16)10-15(11-20(21)23)19-12-26-22-17(19)5-2-7-25-22/h2-12H,13H2,1H3,(H,25,26). The van der Waals surface area contributed by atoms with Gasteiger partial charge in [-0.05, 0) is 59.3 Å². The smallest absolute Gasteiger partial charge is 0.150 e. The topological polar surface area (TPSA) is 44.8 Å². The fourth-order valence-electron chi connectivity index (χ4n) is 3.70. The molecule has 0 spiro atoms. The van der Waals surface area contributed by atoms with E-state index in [9.17, 15) is 4.39 Å². The van der Waals surface area contributed by atoms with Crippen LogP contribution in [0.1, 0.15) is 5.56 Å². The van der Waals surface area contributed by atoms with Crippen LogP contribution in [0.15, 0.2) is 67.3 Å². The van der Waals surface area contributed by atoms with E-state index in [0.29, 0.717) is 5.52 Å². The van der Waals surface area contributed by atoms with Gasteiger partial charge in [0.25, 0.3) is 0 Å². The molecule has 0 bridgehead atoms. The van der Waals surface area contributed by atoms with Crippen molar-refractivity contribution in [2.45, 2.75) is 0 Å². The molecule has 4 heterocycles. The molecular formula is C22H17FN4. The molecule has 0 saturated carbocycles. The lowest BCUT2D eigenvalue weighted by Crippen LogP contribution is -2.16. The summed E-state index contributed by atoms with van der Waals surface area (Å²) in [5.41, 5.74) is 5.09. The van der Waals surface area contributed by atoms with Crippen LogP contribution in [-0.2, 0) is 0 Å². The Morgan fingerprint density at radius 2 is 2.00 bits per heavy atom. The van der Waals surface area contributed by atoms with Crippen LogP contribution in [0.4, 0.5) is 4.39 Å². The Hall–Kier alpha value is -3.47. The minimum absolute atomic E-state index is 0.317. The molecule has 1 aliphatic rings. The molecule has 0 radical (unpaired) electrons. The number of benzene rings is 1. The molecule has 1 aromatic carbocycles. The van der Waals surface area contributed by atoms with E-state index in [1.54, 1.807) is 18.5 Å². The van der Waals surface area contributed by atoms with Gasteiger partial charge in [0.2, 0.25) is 0 Å². The Balaban J connectivity index is 1.75. The Morgan fingerprint density at radius 1 is 1.07 bits per heavy atom. The number of fused-ring (bicyclic) bond motifs is 2. The second-order valence-electron chi connectivity index (χ2n) is 6.76. The minimum atomic E-state index is -0.317. The van der Waals surface area contributed by atoms with Crippen molar-refractivity contribution in [1.29, 1.82) is 0 Å². The second-order valence-corrected chi connectivity index (χ2v) is 6.76. The minimum Gasteiger partial charge on any atom is -0.376 e. The molecular weight excluding hydrogens is 339 g/mol. The predicted molar refractivity (Wildman–Crippen MR) is 107 cm³/mol. The quantitative estimate of drug-likeness (QED) is 0.563. The zero-order valence-corrected chi connectivity index (χ0v) is 14.8. The normalized spacial score (nSPS) is 14.1. The van der Waals surface area contributed by atoms with Crippen molar-refractivity contribution in [2.24, 2.45) is 0 Å². The van der Waals surface area contributed by atoms with Crippen molar-refractivity contribution in [3.05, 3.63) is 78.7 Å². The molecule has 0 fully saturated rings. The summed E-state index contributed by atoms with van der Waals surface area (Å²) < 4.78 is 14.9. The summed E-state index contributed by atoms with van der Waals surface area (Å²) in [4.78, 5) is 13.9. The van der Waals surface area contributed by atoms with Gasteiger partial charge >= 0.3 is 0 Å². The van der Waals surface area contributed by atoms with E-state index < -0.39 is 0 Å². The van der Waals surface area contributed by atoms with E-state index in [-0.39, 0.29) is 5.82 Å². The van der Waals surface area contributed by atoms with E-state index in [1.165, 1.54) is 0 Å². The van der Waals surface area contributed by atoms with Gasteiger partial charge in [0.15, 0.2) is 0 Å². The lowest BCUT2D eigenvalue weighted by molar-refractivity contribution is 0.513. The van der Waals surface area contributed by atoms with Gasteiger partial charge in [0.1, 0.15) is 17.0 Å². The zero-order valence-electron chi connectivity index (χ0n) is 14.8. The number of nitrogens with zero attached hydrogens (tertiary/aromatic N) is 3. The molecule has 1 aliphatic heterocycles. The third-order valence-corrected chi connectivity index (χ3v) is 4.96. The molecule has 0 amide bonds. The number of allylic oxidation sites excluding steroid dienone is 2. The number of hydrogen-bond acceptors (Lipinski definition) is 3. The van der Waals surface area contributed by atoms with Crippen molar-refractivity contribution in [1.82, 2.24) is 19.9 Å². The second kappa shape index (κ2) is 6.06. The van der Waals surface area contributed by atoms with Crippen molar-refractivity contribution in [3.8, 4) is 11.1 Å². The summed E-state index contributed by atoms with van der Waals surface area (Å²) >= 11 is 0. The molecule has 3 aromatic heterocycles. The number of H-pyrrole nitrogens is 1. The predicted octanol–water partition coefficient (Wildman–Crippen LogP) is 4.76. The fraction of sp³-hybridized carbons (Fsp3) is 0.0909. The van der Waals surface area contributed by atoms with E-state index in [2.05, 4.69) is 25.9 Å². The Morgan fingerprint density at radius 3 is 2.89 bits per heavy atom. The number of rotatable bonds is 2. The van der Waals surface area contributed by atoms with Gasteiger partial charge in [-0.1, -0.05) is 6.08 Å². The average molecular weight is 356 g/mol. The lowest BCUT2D eigenvalue weighted by Gasteiger charge is -2.21. The first-order chi connectivity index (χ1) is 13.2. The van der Waals surface area contributed by atoms with Crippen LogP contribution in [0, 0.1) is 5.82 Å². The van der Waals surface area contributed by atoms with Crippen molar-refractivity contribution < 1.29 is 4.39 Å². The molecule has 132 valence electrons. The van der Waals surface area contributed by atoms with Crippen molar-refractivity contribution >= 4 is 27.5 Å². The number of aromatic nitrogens is 3. The summed E-state index contributed by atoms with van der Waals surface area (Å²) in [6.45, 7) is 0.776. The number of pyridine rings is 2. The molecule has 0 saturated heterocycles. The Bertz CT molecular complexity index is 1240. The average Bonchev–Trinajstić information content (AvgIpc) is 3.12. The van der Waals surface area contributed by atoms with Gasteiger partial charge in [0.05, 0.1) is 0 Å². The highest BCUT2D eigenvalue weighted by Crippen LogP contribution is 2.34. The Kier molecular flexibility index (Phi) is 3.53. The van der Waals surface area contributed by atoms with Crippen LogP contribution in [0.2, 0.25) is 0 Å². The highest BCUT2D eigenvalue weighted by Gasteiger charge is 2.16. The summed E-state index contributed by atoms with van der Waals surface area (Å²) in [5, 5.41) is 1.79. The van der Waals surface area contributed by atoms with Crippen LogP contribution in [-0.4, -0.2) is 33.4 Å². The largest absolute Gasteiger partial charge is 0.376 e. The van der Waals surface area contributed by atoms with Crippen LogP contribution in [0.25, 0.3) is 38.6 Å². The van der Waals surface area contributed by atoms with Crippen molar-refractivity contribution in [2.75, 3.05) is 13.6 Å². The van der Waals surface area contributed by atoms with E-state index in [0.717, 1.165) is 45.2 Å². The number of hydrogen-bond donors (Lipinski definition) is 1. The molecule has 0 atom stereocenters. The molecule has 5 rings (SSSR count). The zero-order chi connectivity index (χ0) is 18.4. The monoisotopic (exact) mass is 356 g/mol. The van der Waals surface area contributed by atoms with Crippen LogP contribution >= 0.6 is 0 Å². The summed E-state index contributed by atoms with van der Waals surface area (Å²) in [7, 11) is 2.03. The first-order valence-corrected chi connectivity index (χ1v) is 8.79. The summed E-state index contributed by atoms with van der Waals surface area (Å²) in [5.74, 6) is -0.317. The summed E-state index contributed by atoms with van der Waals surface area (Å²) in [6.07, 6.45) is 11.4. The van der Waals surface area contributed by atoms with Gasteiger partial charge < -0.3 is 9.88 Å². The van der Waals surface area contributed by atoms with Crippen LogP contribution in [0.5, 0.6) is 0 Å². The number of halogens is 1. The lowest BCUT2D eigenvalue weighted by atomic mass is 9.96. The van der Waals surface area contributed by atoms with Crippen molar-refractivity contribution in [3.63, 3.8) is 0 Å². The Labute approximate surface area is 155 Å². The number of nitrogens with one attached hydrogen (secondary N) is 1. The maximum absolute atomic E-state index is 14.9. The molecule has 4 aromatic rings. The molecule has 0 aliphatic carbocycles.